The molecule has 0 aliphatic carbocycles. The van der Waals surface area contributed by atoms with Crippen molar-refractivity contribution < 1.29 is 9.53 Å². The van der Waals surface area contributed by atoms with Gasteiger partial charge in [0, 0.05) is 30.2 Å². The second-order valence-electron chi connectivity index (χ2n) is 8.16. The van der Waals surface area contributed by atoms with Crippen molar-refractivity contribution in [1.82, 2.24) is 4.90 Å². The Morgan fingerprint density at radius 1 is 1.44 bits per heavy atom. The van der Waals surface area contributed by atoms with Crippen molar-refractivity contribution in [2.45, 2.75) is 51.8 Å². The van der Waals surface area contributed by atoms with E-state index >= 15 is 0 Å². The third-order valence-corrected chi connectivity index (χ3v) is 5.47. The monoisotopic (exact) mass is 391 g/mol. The van der Waals surface area contributed by atoms with Gasteiger partial charge in [0.1, 0.15) is 0 Å². The fraction of sp³-hybridized carbons (Fsp3) is 0.526. The molecule has 8 heteroatoms. The largest absolute Gasteiger partial charge is 0.413 e. The van der Waals surface area contributed by atoms with E-state index in [1.54, 1.807) is 23.2 Å². The lowest BCUT2D eigenvalue weighted by Crippen LogP contribution is -2.53. The molecule has 2 unspecified atom stereocenters. The summed E-state index contributed by atoms with van der Waals surface area (Å²) in [4.78, 5) is 19.2. The third kappa shape index (κ3) is 3.74. The molecule has 1 fully saturated rings. The number of nitrogens with two attached hydrogens (primary N) is 2. The van der Waals surface area contributed by atoms with Gasteiger partial charge in [-0.05, 0) is 41.5 Å². The maximum atomic E-state index is 13.0. The molecule has 2 atom stereocenters. The van der Waals surface area contributed by atoms with Crippen LogP contribution < -0.4 is 11.6 Å². The average Bonchev–Trinajstić information content (AvgIpc) is 3.11. The average molecular weight is 392 g/mol. The van der Waals surface area contributed by atoms with Crippen LogP contribution in [-0.4, -0.2) is 41.4 Å². The van der Waals surface area contributed by atoms with Crippen LogP contribution in [0.15, 0.2) is 28.3 Å². The zero-order valence-electron chi connectivity index (χ0n) is 15.9. The van der Waals surface area contributed by atoms with E-state index in [4.69, 9.17) is 27.9 Å². The molecule has 0 spiro atoms. The lowest BCUT2D eigenvalue weighted by atomic mass is 9.85. The first kappa shape index (κ1) is 19.5. The van der Waals surface area contributed by atoms with E-state index in [9.17, 15) is 4.79 Å². The number of likely N-dealkylation sites (tertiary alicyclic amines) is 1. The topological polar surface area (TPSA) is 106 Å². The first-order chi connectivity index (χ1) is 12.7. The van der Waals surface area contributed by atoms with Gasteiger partial charge in [0.25, 0.3) is 5.72 Å². The number of hydrazone groups is 1. The van der Waals surface area contributed by atoms with Gasteiger partial charge in [-0.2, -0.15) is 5.10 Å². The number of carbonyl (C=O) groups is 1. The number of fused-ring (bicyclic) bond motifs is 1. The van der Waals surface area contributed by atoms with Crippen LogP contribution in [0.5, 0.6) is 0 Å². The highest BCUT2D eigenvalue weighted by Crippen LogP contribution is 2.35. The zero-order chi connectivity index (χ0) is 19.8. The standard InChI is InChI=1S/C19H26ClN5O2/c1-18(2,3)15-5-4-8-25(15)17(26)27-19(16(21)24-22)10-12-6-7-14(20)9-13(12)11-23-19/h6-7,9,11,15H,4-5,8,10,22H2,1-3H3,(H2,21,24). The Labute approximate surface area is 164 Å². The van der Waals surface area contributed by atoms with Crippen LogP contribution in [-0.2, 0) is 11.2 Å². The summed E-state index contributed by atoms with van der Waals surface area (Å²) in [7, 11) is 0. The van der Waals surface area contributed by atoms with E-state index in [0.717, 1.165) is 24.0 Å². The molecule has 1 aromatic rings. The van der Waals surface area contributed by atoms with Gasteiger partial charge in [-0.15, -0.1) is 0 Å². The van der Waals surface area contributed by atoms with E-state index in [0.29, 0.717) is 11.6 Å². The van der Waals surface area contributed by atoms with Gasteiger partial charge >= 0.3 is 6.09 Å². The number of aliphatic imine (C=N–C) groups is 1. The number of carbonyl (C=O) groups excluding carboxylic acids is 1. The molecule has 3 rings (SSSR count). The van der Waals surface area contributed by atoms with Crippen LogP contribution in [0.4, 0.5) is 4.79 Å². The number of rotatable bonds is 2. The molecule has 0 bridgehead atoms. The molecule has 0 aromatic heterocycles. The lowest BCUT2D eigenvalue weighted by Gasteiger charge is -2.38. The summed E-state index contributed by atoms with van der Waals surface area (Å²) in [6.07, 6.45) is 3.28. The van der Waals surface area contributed by atoms with Crippen LogP contribution in [0, 0.1) is 5.41 Å². The van der Waals surface area contributed by atoms with Crippen molar-refractivity contribution in [3.63, 3.8) is 0 Å². The van der Waals surface area contributed by atoms with E-state index in [1.165, 1.54) is 0 Å². The summed E-state index contributed by atoms with van der Waals surface area (Å²) in [6.45, 7) is 7.00. The summed E-state index contributed by atoms with van der Waals surface area (Å²) in [6, 6.07) is 5.54. The van der Waals surface area contributed by atoms with Crippen LogP contribution in [0.25, 0.3) is 0 Å². The first-order valence-corrected chi connectivity index (χ1v) is 9.41. The van der Waals surface area contributed by atoms with E-state index < -0.39 is 11.8 Å². The van der Waals surface area contributed by atoms with Crippen molar-refractivity contribution in [2.24, 2.45) is 27.1 Å². The molecule has 27 heavy (non-hydrogen) atoms. The molecular formula is C19H26ClN5O2. The van der Waals surface area contributed by atoms with Crippen LogP contribution >= 0.6 is 11.6 Å². The summed E-state index contributed by atoms with van der Waals surface area (Å²) in [5, 5.41) is 4.19. The van der Waals surface area contributed by atoms with Crippen LogP contribution in [0.1, 0.15) is 44.7 Å². The third-order valence-electron chi connectivity index (χ3n) is 5.23. The second-order valence-corrected chi connectivity index (χ2v) is 8.60. The molecule has 7 nitrogen and oxygen atoms in total. The maximum Gasteiger partial charge on any atom is 0.412 e. The van der Waals surface area contributed by atoms with E-state index in [-0.39, 0.29) is 23.7 Å². The van der Waals surface area contributed by atoms with Gasteiger partial charge in [-0.25, -0.2) is 9.79 Å². The molecule has 2 aliphatic heterocycles. The van der Waals surface area contributed by atoms with Crippen molar-refractivity contribution in [2.75, 3.05) is 6.54 Å². The molecule has 1 saturated heterocycles. The van der Waals surface area contributed by atoms with Gasteiger partial charge in [0.05, 0.1) is 0 Å². The summed E-state index contributed by atoms with van der Waals surface area (Å²) in [5.41, 5.74) is 6.29. The zero-order valence-corrected chi connectivity index (χ0v) is 16.7. The summed E-state index contributed by atoms with van der Waals surface area (Å²) >= 11 is 6.04. The van der Waals surface area contributed by atoms with Crippen molar-refractivity contribution in [3.05, 3.63) is 34.3 Å². The number of hydrogen-bond donors (Lipinski definition) is 2. The minimum Gasteiger partial charge on any atom is -0.413 e. The number of halogens is 1. The fourth-order valence-electron chi connectivity index (χ4n) is 3.79. The Bertz CT molecular complexity index is 802. The Kier molecular flexibility index (Phi) is 5.08. The molecule has 2 aliphatic rings. The SMILES string of the molecule is CC(C)(C)C1CCCN1C(=O)OC1(C(N)=NN)Cc2ccc(Cl)cc2C=N1. The number of hydrogen-bond acceptors (Lipinski definition) is 5. The highest BCUT2D eigenvalue weighted by Gasteiger charge is 2.45. The second kappa shape index (κ2) is 7.03. The number of amides is 1. The van der Waals surface area contributed by atoms with Gasteiger partial charge in [-0.3, -0.25) is 0 Å². The minimum atomic E-state index is -1.45. The fourth-order valence-corrected chi connectivity index (χ4v) is 3.97. The van der Waals surface area contributed by atoms with Crippen molar-refractivity contribution >= 4 is 29.7 Å². The quantitative estimate of drug-likeness (QED) is 0.350. The molecule has 2 heterocycles. The number of ether oxygens (including phenoxy) is 1. The molecule has 0 radical (unpaired) electrons. The first-order valence-electron chi connectivity index (χ1n) is 9.03. The van der Waals surface area contributed by atoms with Crippen LogP contribution in [0.3, 0.4) is 0 Å². The Balaban J connectivity index is 1.89. The Morgan fingerprint density at radius 2 is 2.19 bits per heavy atom. The highest BCUT2D eigenvalue weighted by molar-refractivity contribution is 6.30. The van der Waals surface area contributed by atoms with Crippen LogP contribution in [0.2, 0.25) is 5.02 Å². The molecule has 0 saturated carbocycles. The maximum absolute atomic E-state index is 13.0. The molecular weight excluding hydrogens is 366 g/mol. The van der Waals surface area contributed by atoms with Gasteiger partial charge in [-0.1, -0.05) is 38.4 Å². The van der Waals surface area contributed by atoms with E-state index in [2.05, 4.69) is 30.9 Å². The van der Waals surface area contributed by atoms with E-state index in [1.807, 2.05) is 6.07 Å². The molecule has 4 N–H and O–H groups in total. The summed E-state index contributed by atoms with van der Waals surface area (Å²) in [5.74, 6) is 5.38. The molecule has 146 valence electrons. The predicted octanol–water partition coefficient (Wildman–Crippen LogP) is 2.89. The van der Waals surface area contributed by atoms with Crippen molar-refractivity contribution in [3.8, 4) is 0 Å². The van der Waals surface area contributed by atoms with Gasteiger partial charge in [0.2, 0.25) is 0 Å². The highest BCUT2D eigenvalue weighted by atomic mass is 35.5. The summed E-state index contributed by atoms with van der Waals surface area (Å²) < 4.78 is 5.85. The lowest BCUT2D eigenvalue weighted by molar-refractivity contribution is 0.0214. The Hall–Kier alpha value is -2.28. The van der Waals surface area contributed by atoms with Crippen molar-refractivity contribution in [1.29, 1.82) is 0 Å². The number of amidine groups is 1. The van der Waals surface area contributed by atoms with Gasteiger partial charge < -0.3 is 21.2 Å². The molecule has 1 aromatic carbocycles. The number of nitrogens with zero attached hydrogens (tertiary/aromatic N) is 3. The minimum absolute atomic E-state index is 0.0424. The number of benzene rings is 1. The Morgan fingerprint density at radius 3 is 2.85 bits per heavy atom. The normalized spacial score (nSPS) is 25.4. The van der Waals surface area contributed by atoms with Gasteiger partial charge in [0.15, 0.2) is 5.84 Å². The smallest absolute Gasteiger partial charge is 0.412 e. The molecule has 1 amide bonds. The predicted molar refractivity (Wildman–Crippen MR) is 107 cm³/mol.